The van der Waals surface area contributed by atoms with Crippen LogP contribution in [0.25, 0.3) is 0 Å². The smallest absolute Gasteiger partial charge is 0.325 e. The number of methoxy groups -OCH3 is 1. The molecule has 2 heterocycles. The summed E-state index contributed by atoms with van der Waals surface area (Å²) in [7, 11) is 1.34. The van der Waals surface area contributed by atoms with Crippen LogP contribution in [0.15, 0.2) is 6.07 Å². The number of hydrogen-bond donors (Lipinski definition) is 1. The van der Waals surface area contributed by atoms with Gasteiger partial charge in [-0.3, -0.25) is 19.3 Å². The number of aryl methyl sites for hydroxylation is 1. The molecule has 2 aliphatic rings. The van der Waals surface area contributed by atoms with Crippen LogP contribution >= 0.6 is 0 Å². The highest BCUT2D eigenvalue weighted by atomic mass is 16.5. The summed E-state index contributed by atoms with van der Waals surface area (Å²) in [5, 5.41) is 2.82. The lowest BCUT2D eigenvalue weighted by Gasteiger charge is -2.30. The number of carbonyl (C=O) groups excluding carboxylic acids is 4. The molecule has 1 N–H and O–H groups in total. The van der Waals surface area contributed by atoms with Gasteiger partial charge in [-0.15, -0.1) is 0 Å². The van der Waals surface area contributed by atoms with Gasteiger partial charge in [0.05, 0.1) is 20.1 Å². The molecule has 0 aromatic carbocycles. The average molecular weight is 389 g/mol. The molecule has 8 nitrogen and oxygen atoms in total. The SMILES string of the molecule is COC(=O)CCn1c(C)cc(C(=O)CN2C(=O)NC3(CCCCC3)C2=O)c1C. The maximum Gasteiger partial charge on any atom is 0.325 e. The highest BCUT2D eigenvalue weighted by Crippen LogP contribution is 2.33. The van der Waals surface area contributed by atoms with E-state index in [0.717, 1.165) is 29.9 Å². The number of amides is 3. The molecule has 1 saturated carbocycles. The zero-order chi connectivity index (χ0) is 20.5. The Labute approximate surface area is 164 Å². The van der Waals surface area contributed by atoms with Crippen LogP contribution in [0.1, 0.15) is 60.3 Å². The van der Waals surface area contributed by atoms with Gasteiger partial charge < -0.3 is 14.6 Å². The molecule has 1 spiro atoms. The summed E-state index contributed by atoms with van der Waals surface area (Å²) in [5.74, 6) is -0.892. The molecule has 0 unspecified atom stereocenters. The Bertz CT molecular complexity index is 820. The van der Waals surface area contributed by atoms with Gasteiger partial charge in [-0.05, 0) is 32.8 Å². The molecular formula is C20H27N3O5. The summed E-state index contributed by atoms with van der Waals surface area (Å²) in [5.41, 5.74) is 1.19. The average Bonchev–Trinajstić information content (AvgIpc) is 3.08. The summed E-state index contributed by atoms with van der Waals surface area (Å²) < 4.78 is 6.54. The number of imide groups is 1. The fourth-order valence-electron chi connectivity index (χ4n) is 4.28. The maximum absolute atomic E-state index is 12.9. The third kappa shape index (κ3) is 3.55. The Hall–Kier alpha value is -2.64. The zero-order valence-electron chi connectivity index (χ0n) is 16.7. The molecule has 2 fully saturated rings. The highest BCUT2D eigenvalue weighted by molar-refractivity contribution is 6.11. The molecule has 28 heavy (non-hydrogen) atoms. The minimum Gasteiger partial charge on any atom is -0.469 e. The first-order valence-electron chi connectivity index (χ1n) is 9.70. The first-order chi connectivity index (χ1) is 13.3. The summed E-state index contributed by atoms with van der Waals surface area (Å²) >= 11 is 0. The second-order valence-corrected chi connectivity index (χ2v) is 7.65. The van der Waals surface area contributed by atoms with Gasteiger partial charge in [0.2, 0.25) is 0 Å². The van der Waals surface area contributed by atoms with Crippen molar-refractivity contribution in [2.75, 3.05) is 13.7 Å². The molecule has 0 atom stereocenters. The van der Waals surface area contributed by atoms with Crippen LogP contribution in [0.2, 0.25) is 0 Å². The second kappa shape index (κ2) is 7.77. The topological polar surface area (TPSA) is 97.7 Å². The molecule has 152 valence electrons. The van der Waals surface area contributed by atoms with Crippen LogP contribution in [0.5, 0.6) is 0 Å². The molecule has 8 heteroatoms. The van der Waals surface area contributed by atoms with E-state index in [1.807, 2.05) is 11.5 Å². The van der Waals surface area contributed by atoms with Gasteiger partial charge in [-0.1, -0.05) is 19.3 Å². The normalized spacial score (nSPS) is 18.5. The molecule has 1 aromatic rings. The second-order valence-electron chi connectivity index (χ2n) is 7.65. The van der Waals surface area contributed by atoms with Crippen LogP contribution < -0.4 is 5.32 Å². The maximum atomic E-state index is 12.9. The first-order valence-corrected chi connectivity index (χ1v) is 9.70. The third-order valence-corrected chi connectivity index (χ3v) is 5.90. The van der Waals surface area contributed by atoms with Crippen molar-refractivity contribution in [2.24, 2.45) is 0 Å². The summed E-state index contributed by atoms with van der Waals surface area (Å²) in [6, 6.07) is 1.25. The predicted molar refractivity (Wildman–Crippen MR) is 101 cm³/mol. The van der Waals surface area contributed by atoms with Crippen molar-refractivity contribution in [3.05, 3.63) is 23.0 Å². The monoisotopic (exact) mass is 389 g/mol. The van der Waals surface area contributed by atoms with Crippen LogP contribution in [-0.4, -0.2) is 52.4 Å². The number of nitrogens with one attached hydrogen (secondary N) is 1. The molecule has 0 bridgehead atoms. The molecule has 1 aromatic heterocycles. The molecule has 1 aliphatic heterocycles. The molecular weight excluding hydrogens is 362 g/mol. The summed E-state index contributed by atoms with van der Waals surface area (Å²) in [6.07, 6.45) is 4.32. The molecule has 1 aliphatic carbocycles. The standard InChI is InChI=1S/C20H27N3O5/c1-13-11-15(14(2)22(13)10-7-17(25)28-3)16(24)12-23-18(26)20(21-19(23)27)8-5-4-6-9-20/h11H,4-10,12H2,1-3H3,(H,21,27). The van der Waals surface area contributed by atoms with Gasteiger partial charge in [0.25, 0.3) is 5.91 Å². The lowest BCUT2D eigenvalue weighted by Crippen LogP contribution is -2.48. The van der Waals surface area contributed by atoms with E-state index in [1.54, 1.807) is 13.0 Å². The third-order valence-electron chi connectivity index (χ3n) is 5.90. The number of rotatable bonds is 6. The van der Waals surface area contributed by atoms with E-state index in [4.69, 9.17) is 0 Å². The number of nitrogens with zero attached hydrogens (tertiary/aromatic N) is 2. The van der Waals surface area contributed by atoms with Crippen molar-refractivity contribution in [2.45, 2.75) is 64.5 Å². The van der Waals surface area contributed by atoms with E-state index in [9.17, 15) is 19.2 Å². The highest BCUT2D eigenvalue weighted by Gasteiger charge is 2.51. The number of carbonyl (C=O) groups is 4. The summed E-state index contributed by atoms with van der Waals surface area (Å²) in [4.78, 5) is 50.6. The van der Waals surface area contributed by atoms with Gasteiger partial charge >= 0.3 is 12.0 Å². The number of esters is 1. The Kier molecular flexibility index (Phi) is 5.58. The van der Waals surface area contributed by atoms with E-state index in [0.29, 0.717) is 30.6 Å². The fourth-order valence-corrected chi connectivity index (χ4v) is 4.28. The minimum atomic E-state index is -0.826. The lowest BCUT2D eigenvalue weighted by atomic mass is 9.82. The number of ketones is 1. The Balaban J connectivity index is 1.74. The van der Waals surface area contributed by atoms with Crippen LogP contribution in [0, 0.1) is 13.8 Å². The van der Waals surface area contributed by atoms with Crippen molar-refractivity contribution in [3.63, 3.8) is 0 Å². The van der Waals surface area contributed by atoms with Crippen LogP contribution in [0.3, 0.4) is 0 Å². The Morgan fingerprint density at radius 3 is 2.50 bits per heavy atom. The number of urea groups is 1. The molecule has 3 amide bonds. The number of hydrogen-bond acceptors (Lipinski definition) is 5. The van der Waals surface area contributed by atoms with Gasteiger partial charge in [0.15, 0.2) is 5.78 Å². The summed E-state index contributed by atoms with van der Waals surface area (Å²) in [6.45, 7) is 3.79. The van der Waals surface area contributed by atoms with Gasteiger partial charge in [-0.25, -0.2) is 4.79 Å². The minimum absolute atomic E-state index is 0.204. The Morgan fingerprint density at radius 1 is 1.18 bits per heavy atom. The van der Waals surface area contributed by atoms with E-state index in [2.05, 4.69) is 10.1 Å². The zero-order valence-corrected chi connectivity index (χ0v) is 16.7. The Morgan fingerprint density at radius 2 is 1.86 bits per heavy atom. The van der Waals surface area contributed by atoms with Crippen molar-refractivity contribution < 1.29 is 23.9 Å². The molecule has 1 saturated heterocycles. The first kappa shape index (κ1) is 20.1. The van der Waals surface area contributed by atoms with Crippen LogP contribution in [0.4, 0.5) is 4.79 Å². The molecule has 0 radical (unpaired) electrons. The van der Waals surface area contributed by atoms with Crippen molar-refractivity contribution >= 4 is 23.7 Å². The van der Waals surface area contributed by atoms with E-state index < -0.39 is 11.6 Å². The van der Waals surface area contributed by atoms with E-state index >= 15 is 0 Å². The van der Waals surface area contributed by atoms with Crippen molar-refractivity contribution in [1.82, 2.24) is 14.8 Å². The van der Waals surface area contributed by atoms with E-state index in [-0.39, 0.29) is 30.6 Å². The van der Waals surface area contributed by atoms with Gasteiger partial charge in [0.1, 0.15) is 5.54 Å². The lowest BCUT2D eigenvalue weighted by molar-refractivity contribution is -0.140. The van der Waals surface area contributed by atoms with Crippen molar-refractivity contribution in [1.29, 1.82) is 0 Å². The van der Waals surface area contributed by atoms with Crippen LogP contribution in [-0.2, 0) is 20.9 Å². The van der Waals surface area contributed by atoms with Gasteiger partial charge in [0, 0.05) is 23.5 Å². The fraction of sp³-hybridized carbons (Fsp3) is 0.600. The van der Waals surface area contributed by atoms with E-state index in [1.165, 1.54) is 7.11 Å². The number of aromatic nitrogens is 1. The molecule has 3 rings (SSSR count). The number of Topliss-reactive ketones (excluding diaryl/α,β-unsaturated/α-hetero) is 1. The van der Waals surface area contributed by atoms with Crippen molar-refractivity contribution in [3.8, 4) is 0 Å². The quantitative estimate of drug-likeness (QED) is 0.456. The largest absolute Gasteiger partial charge is 0.469 e. The predicted octanol–water partition coefficient (Wildman–Crippen LogP) is 2.11. The van der Waals surface area contributed by atoms with Gasteiger partial charge in [-0.2, -0.15) is 0 Å². The number of ether oxygens (including phenoxy) is 1.